The average molecular weight is 668 g/mol. The summed E-state index contributed by atoms with van der Waals surface area (Å²) in [4.78, 5) is 33.4. The van der Waals surface area contributed by atoms with Crippen molar-refractivity contribution in [2.75, 3.05) is 20.2 Å². The first kappa shape index (κ1) is 33.6. The second-order valence-electron chi connectivity index (χ2n) is 15.9. The highest BCUT2D eigenvalue weighted by Crippen LogP contribution is 2.62. The SMILES string of the molecule is COc1ccc(C23CCC(C(NC(=O)C4CCC(OC(=O)N5CC(C)C5)CC4)c4cc(-c5cnn(C(C)C)c5)ccn4)(CC2)CC3)cc1C. The molecule has 0 radical (unpaired) electrons. The maximum atomic E-state index is 14.2. The van der Waals surface area contributed by atoms with Crippen LogP contribution < -0.4 is 10.1 Å². The number of nitrogens with zero attached hydrogens (tertiary/aromatic N) is 4. The molecule has 2 aromatic heterocycles. The minimum Gasteiger partial charge on any atom is -0.496 e. The number of methoxy groups -OCH3 is 1. The fraction of sp³-hybridized carbons (Fsp3) is 0.600. The van der Waals surface area contributed by atoms with Crippen molar-refractivity contribution in [3.63, 3.8) is 0 Å². The van der Waals surface area contributed by atoms with E-state index in [1.54, 1.807) is 12.0 Å². The molecule has 4 saturated carbocycles. The van der Waals surface area contributed by atoms with Crippen molar-refractivity contribution in [2.24, 2.45) is 17.3 Å². The van der Waals surface area contributed by atoms with Crippen LogP contribution in [0.5, 0.6) is 5.75 Å². The first-order chi connectivity index (χ1) is 23.6. The largest absolute Gasteiger partial charge is 0.496 e. The smallest absolute Gasteiger partial charge is 0.410 e. The molecule has 262 valence electrons. The van der Waals surface area contributed by atoms with Crippen LogP contribution in [0.3, 0.4) is 0 Å². The van der Waals surface area contributed by atoms with Gasteiger partial charge in [-0.05, 0) is 137 Å². The van der Waals surface area contributed by atoms with Crippen LogP contribution in [0, 0.1) is 24.2 Å². The van der Waals surface area contributed by atoms with E-state index in [0.717, 1.165) is 99.9 Å². The molecule has 9 nitrogen and oxygen atoms in total. The lowest BCUT2D eigenvalue weighted by Crippen LogP contribution is -2.52. The molecule has 4 aliphatic carbocycles. The van der Waals surface area contributed by atoms with E-state index in [9.17, 15) is 9.59 Å². The Morgan fingerprint density at radius 2 is 1.67 bits per heavy atom. The van der Waals surface area contributed by atoms with Crippen LogP contribution in [0.15, 0.2) is 48.9 Å². The van der Waals surface area contributed by atoms with Gasteiger partial charge in [-0.3, -0.25) is 14.5 Å². The van der Waals surface area contributed by atoms with Gasteiger partial charge in [0.05, 0.1) is 25.0 Å². The number of rotatable bonds is 9. The summed E-state index contributed by atoms with van der Waals surface area (Å²) in [5.41, 5.74) is 5.77. The Bertz CT molecular complexity index is 1640. The topological polar surface area (TPSA) is 98.6 Å². The summed E-state index contributed by atoms with van der Waals surface area (Å²) >= 11 is 0. The standard InChI is InChI=1S/C40H53N5O4/c1-26(2)45-25-31(22-42-45)30-12-19-41-34(21-30)36(43-37(46)29-6-9-33(10-7-29)49-38(47)44-23-27(3)24-44)40-16-13-39(14-17-40,15-18-40)32-8-11-35(48-5)28(4)20-32/h8,11-12,19-22,25-27,29,33,36H,6-7,9-10,13-18,23-24H2,1-5H3,(H,43,46). The van der Waals surface area contributed by atoms with Crippen molar-refractivity contribution in [1.29, 1.82) is 0 Å². The zero-order valence-corrected chi connectivity index (χ0v) is 29.9. The summed E-state index contributed by atoms with van der Waals surface area (Å²) in [7, 11) is 1.74. The van der Waals surface area contributed by atoms with Gasteiger partial charge in [-0.1, -0.05) is 19.1 Å². The van der Waals surface area contributed by atoms with Crippen LogP contribution in [0.4, 0.5) is 4.79 Å². The number of carbonyl (C=O) groups excluding carboxylic acids is 2. The maximum Gasteiger partial charge on any atom is 0.410 e. The molecule has 1 atom stereocenters. The number of amides is 2. The van der Waals surface area contributed by atoms with Crippen molar-refractivity contribution in [3.05, 3.63) is 65.7 Å². The number of nitrogens with one attached hydrogen (secondary N) is 1. The summed E-state index contributed by atoms with van der Waals surface area (Å²) in [6, 6.07) is 11.0. The first-order valence-corrected chi connectivity index (χ1v) is 18.5. The molecule has 8 rings (SSSR count). The van der Waals surface area contributed by atoms with E-state index >= 15 is 0 Å². The Morgan fingerprint density at radius 1 is 0.959 bits per heavy atom. The van der Waals surface area contributed by atoms with Crippen LogP contribution in [0.1, 0.15) is 114 Å². The normalized spacial score (nSPS) is 27.4. The van der Waals surface area contributed by atoms with Gasteiger partial charge in [0, 0.05) is 43.0 Å². The molecule has 1 N–H and O–H groups in total. The minimum atomic E-state index is -0.203. The Hall–Kier alpha value is -3.88. The number of fused-ring (bicyclic) bond motifs is 3. The van der Waals surface area contributed by atoms with E-state index in [-0.39, 0.29) is 46.9 Å². The van der Waals surface area contributed by atoms with Crippen molar-refractivity contribution < 1.29 is 19.1 Å². The highest BCUT2D eigenvalue weighted by molar-refractivity contribution is 5.79. The Morgan fingerprint density at radius 3 is 2.29 bits per heavy atom. The Balaban J connectivity index is 1.10. The molecule has 0 spiro atoms. The number of likely N-dealkylation sites (tertiary alicyclic amines) is 1. The van der Waals surface area contributed by atoms with Crippen molar-refractivity contribution in [1.82, 2.24) is 25.0 Å². The van der Waals surface area contributed by atoms with Gasteiger partial charge in [-0.2, -0.15) is 5.10 Å². The second-order valence-corrected chi connectivity index (χ2v) is 15.9. The quantitative estimate of drug-likeness (QED) is 0.249. The molecule has 5 fully saturated rings. The Labute approximate surface area is 291 Å². The van der Waals surface area contributed by atoms with Gasteiger partial charge in [-0.25, -0.2) is 4.79 Å². The third-order valence-corrected chi connectivity index (χ3v) is 12.4. The third kappa shape index (κ3) is 6.57. The maximum absolute atomic E-state index is 14.2. The van der Waals surface area contributed by atoms with Gasteiger partial charge in [-0.15, -0.1) is 0 Å². The molecule has 5 aliphatic rings. The monoisotopic (exact) mass is 667 g/mol. The zero-order chi connectivity index (χ0) is 34.3. The van der Waals surface area contributed by atoms with Gasteiger partial charge in [0.25, 0.3) is 0 Å². The highest BCUT2D eigenvalue weighted by Gasteiger charge is 2.54. The number of carbonyl (C=O) groups is 2. The molecule has 3 aromatic rings. The summed E-state index contributed by atoms with van der Waals surface area (Å²) in [6.45, 7) is 10.1. The van der Waals surface area contributed by atoms with E-state index < -0.39 is 0 Å². The number of ether oxygens (including phenoxy) is 2. The van der Waals surface area contributed by atoms with Crippen LogP contribution in [-0.2, 0) is 14.9 Å². The first-order valence-electron chi connectivity index (χ1n) is 18.5. The van der Waals surface area contributed by atoms with E-state index in [1.165, 1.54) is 11.1 Å². The van der Waals surface area contributed by atoms with Gasteiger partial charge in [0.2, 0.25) is 5.91 Å². The molecule has 1 unspecified atom stereocenters. The lowest BCUT2D eigenvalue weighted by Gasteiger charge is -2.56. The molecule has 1 aromatic carbocycles. The second kappa shape index (κ2) is 13.4. The van der Waals surface area contributed by atoms with Gasteiger partial charge >= 0.3 is 6.09 Å². The predicted octanol–water partition coefficient (Wildman–Crippen LogP) is 7.94. The van der Waals surface area contributed by atoms with E-state index in [1.807, 2.05) is 23.1 Å². The van der Waals surface area contributed by atoms with Gasteiger partial charge in [0.1, 0.15) is 11.9 Å². The molecular weight excluding hydrogens is 614 g/mol. The summed E-state index contributed by atoms with van der Waals surface area (Å²) in [5.74, 6) is 1.49. The third-order valence-electron chi connectivity index (χ3n) is 12.4. The molecule has 49 heavy (non-hydrogen) atoms. The average Bonchev–Trinajstić information content (AvgIpc) is 3.61. The minimum absolute atomic E-state index is 0.0618. The number of aryl methyl sites for hydroxylation is 1. The Kier molecular flexibility index (Phi) is 9.22. The molecule has 2 bridgehead atoms. The molecule has 3 heterocycles. The van der Waals surface area contributed by atoms with Gasteiger partial charge in [0.15, 0.2) is 0 Å². The summed E-state index contributed by atoms with van der Waals surface area (Å²) in [6.07, 6.45) is 14.9. The molecule has 1 saturated heterocycles. The van der Waals surface area contributed by atoms with Gasteiger partial charge < -0.3 is 19.7 Å². The number of benzene rings is 1. The number of pyridine rings is 1. The zero-order valence-electron chi connectivity index (χ0n) is 29.9. The van der Waals surface area contributed by atoms with Crippen LogP contribution in [0.2, 0.25) is 0 Å². The highest BCUT2D eigenvalue weighted by atomic mass is 16.6. The molecule has 1 aliphatic heterocycles. The number of hydrogen-bond acceptors (Lipinski definition) is 6. The lowest BCUT2D eigenvalue weighted by atomic mass is 9.49. The summed E-state index contributed by atoms with van der Waals surface area (Å²) < 4.78 is 13.4. The lowest BCUT2D eigenvalue weighted by molar-refractivity contribution is -0.129. The van der Waals surface area contributed by atoms with E-state index in [0.29, 0.717) is 5.92 Å². The van der Waals surface area contributed by atoms with Crippen LogP contribution in [0.25, 0.3) is 11.1 Å². The van der Waals surface area contributed by atoms with E-state index in [4.69, 9.17) is 14.5 Å². The fourth-order valence-electron chi connectivity index (χ4n) is 9.15. The predicted molar refractivity (Wildman–Crippen MR) is 189 cm³/mol. The van der Waals surface area contributed by atoms with Crippen molar-refractivity contribution in [3.8, 4) is 16.9 Å². The van der Waals surface area contributed by atoms with E-state index in [2.05, 4.69) is 68.6 Å². The molecule has 9 heteroatoms. The fourth-order valence-corrected chi connectivity index (χ4v) is 9.15. The number of aromatic nitrogens is 3. The van der Waals surface area contributed by atoms with Crippen molar-refractivity contribution in [2.45, 2.75) is 116 Å². The van der Waals surface area contributed by atoms with Crippen LogP contribution >= 0.6 is 0 Å². The number of hydrogen-bond donors (Lipinski definition) is 1. The molecular formula is C40H53N5O4. The van der Waals surface area contributed by atoms with Crippen LogP contribution in [-0.4, -0.2) is 58.0 Å². The summed E-state index contributed by atoms with van der Waals surface area (Å²) in [5, 5.41) is 8.20. The van der Waals surface area contributed by atoms with Crippen molar-refractivity contribution >= 4 is 12.0 Å². The molecule has 2 amide bonds.